The van der Waals surface area contributed by atoms with E-state index in [0.29, 0.717) is 25.3 Å². The highest BCUT2D eigenvalue weighted by Gasteiger charge is 2.33. The van der Waals surface area contributed by atoms with Crippen LogP contribution in [0.15, 0.2) is 30.3 Å². The summed E-state index contributed by atoms with van der Waals surface area (Å²) in [5.41, 5.74) is 6.87. The van der Waals surface area contributed by atoms with Crippen molar-refractivity contribution in [3.63, 3.8) is 0 Å². The van der Waals surface area contributed by atoms with E-state index in [4.69, 9.17) is 10.6 Å². The van der Waals surface area contributed by atoms with E-state index in [9.17, 15) is 19.8 Å². The largest absolute Gasteiger partial charge is 0.480 e. The summed E-state index contributed by atoms with van der Waals surface area (Å²) in [5.74, 6) is -1.44. The average molecular weight is 470 g/mol. The number of carbonyl (C=O) groups is 2. The Morgan fingerprint density at radius 2 is 1.91 bits per heavy atom. The average Bonchev–Trinajstić information content (AvgIpc) is 2.78. The van der Waals surface area contributed by atoms with Crippen molar-refractivity contribution in [3.05, 3.63) is 35.9 Å². The second kappa shape index (κ2) is 16.0. The molecule has 0 radical (unpaired) electrons. The summed E-state index contributed by atoms with van der Waals surface area (Å²) >= 11 is 4.18. The van der Waals surface area contributed by atoms with E-state index in [-0.39, 0.29) is 31.6 Å². The van der Waals surface area contributed by atoms with Crippen LogP contribution in [0.4, 0.5) is 0 Å². The van der Waals surface area contributed by atoms with Crippen molar-refractivity contribution < 1.29 is 24.6 Å². The quantitative estimate of drug-likeness (QED) is 0.174. The molecule has 9 heteroatoms. The van der Waals surface area contributed by atoms with Crippen LogP contribution >= 0.6 is 12.6 Å². The number of hydrogen-bond donors (Lipinski definition) is 5. The molecule has 182 valence electrons. The maximum absolute atomic E-state index is 13.2. The summed E-state index contributed by atoms with van der Waals surface area (Å²) in [7, 11) is 0. The van der Waals surface area contributed by atoms with Crippen molar-refractivity contribution in [2.24, 2.45) is 17.6 Å². The molecule has 0 saturated heterocycles. The van der Waals surface area contributed by atoms with Gasteiger partial charge in [-0.25, -0.2) is 9.86 Å². The Morgan fingerprint density at radius 3 is 2.47 bits per heavy atom. The Morgan fingerprint density at radius 1 is 1.22 bits per heavy atom. The highest BCUT2D eigenvalue weighted by atomic mass is 32.1. The van der Waals surface area contributed by atoms with Crippen molar-refractivity contribution in [3.8, 4) is 0 Å². The van der Waals surface area contributed by atoms with Gasteiger partial charge in [0.25, 0.3) is 0 Å². The second-order valence-electron chi connectivity index (χ2n) is 8.17. The number of aliphatic carboxylic acids is 1. The first-order valence-electron chi connectivity index (χ1n) is 11.2. The molecule has 8 nitrogen and oxygen atoms in total. The first kappa shape index (κ1) is 28.4. The second-order valence-corrected chi connectivity index (χ2v) is 8.54. The van der Waals surface area contributed by atoms with Gasteiger partial charge in [-0.1, -0.05) is 50.6 Å². The van der Waals surface area contributed by atoms with Crippen LogP contribution in [0, 0.1) is 11.8 Å². The summed E-state index contributed by atoms with van der Waals surface area (Å²) in [6.07, 6.45) is 2.13. The standard InChI is InChI=1S/C23H39N3O5S/c1-3-7-19(13-25-14-20(24)16-32)15-31-26(21(10-11-27)23(29)30)22(28)17(2)12-18-8-5-4-6-9-18/h4-6,8-9,17,19-21,25,27,32H,3,7,10-16,24H2,1-2H3,(H,29,30)/t17?,19-,20-,21?/m0/s1. The van der Waals surface area contributed by atoms with Crippen LogP contribution in [-0.2, 0) is 20.8 Å². The molecule has 4 atom stereocenters. The van der Waals surface area contributed by atoms with Gasteiger partial charge in [0.1, 0.15) is 0 Å². The Labute approximate surface area is 196 Å². The maximum atomic E-state index is 13.2. The van der Waals surface area contributed by atoms with Crippen molar-refractivity contribution >= 4 is 24.5 Å². The molecule has 0 heterocycles. The van der Waals surface area contributed by atoms with Crippen molar-refractivity contribution in [1.29, 1.82) is 0 Å². The number of hydroxylamine groups is 2. The number of amides is 1. The van der Waals surface area contributed by atoms with E-state index >= 15 is 0 Å². The number of hydrogen-bond acceptors (Lipinski definition) is 7. The molecule has 1 rings (SSSR count). The Bertz CT molecular complexity index is 664. The van der Waals surface area contributed by atoms with E-state index in [2.05, 4.69) is 24.9 Å². The van der Waals surface area contributed by atoms with E-state index in [1.165, 1.54) is 0 Å². The number of nitrogens with one attached hydrogen (secondary N) is 1. The fourth-order valence-electron chi connectivity index (χ4n) is 3.42. The number of carboxylic acids is 1. The van der Waals surface area contributed by atoms with Crippen molar-refractivity contribution in [1.82, 2.24) is 10.4 Å². The smallest absolute Gasteiger partial charge is 0.329 e. The van der Waals surface area contributed by atoms with Crippen molar-refractivity contribution in [2.75, 3.05) is 32.1 Å². The molecular formula is C23H39N3O5S. The monoisotopic (exact) mass is 469 g/mol. The Hall–Kier alpha value is -1.65. The first-order valence-corrected chi connectivity index (χ1v) is 11.9. The zero-order chi connectivity index (χ0) is 23.9. The molecule has 0 aliphatic rings. The first-order chi connectivity index (χ1) is 15.3. The van der Waals surface area contributed by atoms with Gasteiger partial charge in [-0.3, -0.25) is 9.63 Å². The number of aliphatic hydroxyl groups is 1. The number of carboxylic acid groups (broad SMARTS) is 1. The minimum atomic E-state index is -1.25. The summed E-state index contributed by atoms with van der Waals surface area (Å²) in [4.78, 5) is 30.9. The van der Waals surface area contributed by atoms with Crippen LogP contribution in [0.5, 0.6) is 0 Å². The molecule has 2 unspecified atom stereocenters. The third-order valence-corrected chi connectivity index (χ3v) is 5.68. The van der Waals surface area contributed by atoms with E-state index in [1.807, 2.05) is 30.3 Å². The van der Waals surface area contributed by atoms with Crippen LogP contribution in [0.3, 0.4) is 0 Å². The molecule has 0 aromatic heterocycles. The van der Waals surface area contributed by atoms with Gasteiger partial charge >= 0.3 is 5.97 Å². The molecule has 1 aromatic rings. The Balaban J connectivity index is 2.89. The van der Waals surface area contributed by atoms with Gasteiger partial charge in [0.15, 0.2) is 6.04 Å². The predicted octanol–water partition coefficient (Wildman–Crippen LogP) is 1.72. The maximum Gasteiger partial charge on any atom is 0.329 e. The fraction of sp³-hybridized carbons (Fsp3) is 0.652. The zero-order valence-corrected chi connectivity index (χ0v) is 20.0. The molecule has 5 N–H and O–H groups in total. The lowest BCUT2D eigenvalue weighted by molar-refractivity contribution is -0.215. The van der Waals surface area contributed by atoms with Crippen LogP contribution in [0.25, 0.3) is 0 Å². The summed E-state index contributed by atoms with van der Waals surface area (Å²) in [6, 6.07) is 8.24. The molecule has 0 spiro atoms. The van der Waals surface area contributed by atoms with Gasteiger partial charge in [-0.05, 0) is 24.3 Å². The number of nitrogens with zero attached hydrogens (tertiary/aromatic N) is 1. The Kier molecular flexibility index (Phi) is 14.2. The van der Waals surface area contributed by atoms with Crippen LogP contribution in [0.1, 0.15) is 38.7 Å². The van der Waals surface area contributed by atoms with Crippen LogP contribution in [0.2, 0.25) is 0 Å². The van der Waals surface area contributed by atoms with Crippen LogP contribution < -0.4 is 11.1 Å². The van der Waals surface area contributed by atoms with Gasteiger partial charge in [-0.15, -0.1) is 0 Å². The molecule has 0 fully saturated rings. The number of aliphatic hydroxyl groups excluding tert-OH is 1. The lowest BCUT2D eigenvalue weighted by Gasteiger charge is -2.31. The summed E-state index contributed by atoms with van der Waals surface area (Å²) < 4.78 is 0. The highest BCUT2D eigenvalue weighted by Crippen LogP contribution is 2.17. The third-order valence-electron chi connectivity index (χ3n) is 5.21. The summed E-state index contributed by atoms with van der Waals surface area (Å²) in [5, 5.41) is 23.3. The minimum absolute atomic E-state index is 0.0561. The third kappa shape index (κ3) is 10.3. The van der Waals surface area contributed by atoms with E-state index in [0.717, 1.165) is 23.5 Å². The molecule has 1 amide bonds. The minimum Gasteiger partial charge on any atom is -0.480 e. The number of rotatable bonds is 17. The number of benzene rings is 1. The van der Waals surface area contributed by atoms with Gasteiger partial charge in [0, 0.05) is 43.8 Å². The topological polar surface area (TPSA) is 125 Å². The van der Waals surface area contributed by atoms with Gasteiger partial charge in [0.2, 0.25) is 5.91 Å². The lowest BCUT2D eigenvalue weighted by atomic mass is 9.99. The molecular weight excluding hydrogens is 430 g/mol. The summed E-state index contributed by atoms with van der Waals surface area (Å²) in [6.45, 7) is 4.89. The van der Waals surface area contributed by atoms with Gasteiger partial charge < -0.3 is 21.3 Å². The number of carbonyl (C=O) groups excluding carboxylic acids is 1. The molecule has 0 bridgehead atoms. The molecule has 32 heavy (non-hydrogen) atoms. The van der Waals surface area contributed by atoms with Crippen molar-refractivity contribution in [2.45, 2.75) is 51.6 Å². The lowest BCUT2D eigenvalue weighted by Crippen LogP contribution is -2.49. The molecule has 0 saturated carbocycles. The zero-order valence-electron chi connectivity index (χ0n) is 19.2. The van der Waals surface area contributed by atoms with Gasteiger partial charge in [-0.2, -0.15) is 12.6 Å². The highest BCUT2D eigenvalue weighted by molar-refractivity contribution is 7.80. The number of thiol groups is 1. The van der Waals surface area contributed by atoms with E-state index in [1.54, 1.807) is 6.92 Å². The number of nitrogens with two attached hydrogens (primary N) is 1. The molecule has 0 aliphatic heterocycles. The van der Waals surface area contributed by atoms with Crippen LogP contribution in [-0.4, -0.2) is 71.3 Å². The van der Waals surface area contributed by atoms with Gasteiger partial charge in [0.05, 0.1) is 6.61 Å². The predicted molar refractivity (Wildman–Crippen MR) is 128 cm³/mol. The normalized spacial score (nSPS) is 15.0. The fourth-order valence-corrected chi connectivity index (χ4v) is 3.55. The van der Waals surface area contributed by atoms with E-state index < -0.39 is 23.8 Å². The molecule has 1 aromatic carbocycles. The SMILES string of the molecule is CCC[C@@H](CNC[C@H](N)CS)CON(C(=O)C(C)Cc1ccccc1)C(CCO)C(=O)O. The molecule has 0 aliphatic carbocycles.